The molecule has 0 saturated carbocycles. The van der Waals surface area contributed by atoms with Crippen LogP contribution in [0.3, 0.4) is 0 Å². The highest BCUT2D eigenvalue weighted by Gasteiger charge is 2.20. The molecular formula is C7H17NO4S2. The van der Waals surface area contributed by atoms with Gasteiger partial charge in [-0.1, -0.05) is 0 Å². The van der Waals surface area contributed by atoms with Gasteiger partial charge in [-0.3, -0.25) is 0 Å². The minimum absolute atomic E-state index is 0.182. The van der Waals surface area contributed by atoms with E-state index in [1.54, 1.807) is 0 Å². The van der Waals surface area contributed by atoms with Crippen molar-refractivity contribution in [2.45, 2.75) is 32.1 Å². The third-order valence-corrected chi connectivity index (χ3v) is 4.62. The maximum Gasteiger partial charge on any atom is 0.214 e. The first-order valence-corrected chi connectivity index (χ1v) is 7.84. The summed E-state index contributed by atoms with van der Waals surface area (Å²) in [6.45, 7) is 4.60. The SMILES string of the molecule is CC(CS(C)(=O)=O)NS(=O)(=O)C(C)C. The van der Waals surface area contributed by atoms with Gasteiger partial charge in [0.05, 0.1) is 11.0 Å². The van der Waals surface area contributed by atoms with Crippen LogP contribution in [0.5, 0.6) is 0 Å². The average Bonchev–Trinajstić information content (AvgIpc) is 1.79. The van der Waals surface area contributed by atoms with Crippen LogP contribution in [0, 0.1) is 0 Å². The van der Waals surface area contributed by atoms with E-state index in [2.05, 4.69) is 4.72 Å². The lowest BCUT2D eigenvalue weighted by Gasteiger charge is -2.15. The molecule has 1 N–H and O–H groups in total. The lowest BCUT2D eigenvalue weighted by atomic mass is 10.4. The van der Waals surface area contributed by atoms with Crippen LogP contribution in [-0.4, -0.2) is 40.1 Å². The monoisotopic (exact) mass is 243 g/mol. The molecule has 1 atom stereocenters. The second-order valence-corrected chi connectivity index (χ2v) is 8.16. The summed E-state index contributed by atoms with van der Waals surface area (Å²) in [5.41, 5.74) is 0. The van der Waals surface area contributed by atoms with E-state index < -0.39 is 31.2 Å². The van der Waals surface area contributed by atoms with Gasteiger partial charge in [-0.25, -0.2) is 21.6 Å². The minimum Gasteiger partial charge on any atom is -0.229 e. The Hall–Kier alpha value is -0.140. The largest absolute Gasteiger partial charge is 0.229 e. The van der Waals surface area contributed by atoms with Crippen molar-refractivity contribution in [2.24, 2.45) is 0 Å². The van der Waals surface area contributed by atoms with E-state index in [-0.39, 0.29) is 5.75 Å². The second kappa shape index (κ2) is 4.59. The molecule has 1 unspecified atom stereocenters. The number of sulfone groups is 1. The molecule has 0 radical (unpaired) electrons. The zero-order valence-electron chi connectivity index (χ0n) is 8.81. The molecule has 0 aliphatic carbocycles. The number of sulfonamides is 1. The van der Waals surface area contributed by atoms with Crippen molar-refractivity contribution in [3.63, 3.8) is 0 Å². The van der Waals surface area contributed by atoms with Crippen LogP contribution in [0.2, 0.25) is 0 Å². The van der Waals surface area contributed by atoms with Crippen molar-refractivity contribution in [1.82, 2.24) is 4.72 Å². The Morgan fingerprint density at radius 2 is 1.50 bits per heavy atom. The summed E-state index contributed by atoms with van der Waals surface area (Å²) in [7, 11) is -6.53. The predicted octanol–water partition coefficient (Wildman–Crippen LogP) is -0.253. The molecule has 0 fully saturated rings. The fourth-order valence-electron chi connectivity index (χ4n) is 0.905. The average molecular weight is 243 g/mol. The van der Waals surface area contributed by atoms with E-state index in [0.717, 1.165) is 6.26 Å². The highest BCUT2D eigenvalue weighted by atomic mass is 32.2. The van der Waals surface area contributed by atoms with Gasteiger partial charge in [0, 0.05) is 12.3 Å². The molecule has 0 saturated heterocycles. The van der Waals surface area contributed by atoms with E-state index in [4.69, 9.17) is 0 Å². The molecule has 5 nitrogen and oxygen atoms in total. The predicted molar refractivity (Wildman–Crippen MR) is 56.4 cm³/mol. The molecule has 86 valence electrons. The van der Waals surface area contributed by atoms with E-state index in [9.17, 15) is 16.8 Å². The summed E-state index contributed by atoms with van der Waals surface area (Å²) in [5, 5.41) is -0.551. The van der Waals surface area contributed by atoms with Gasteiger partial charge in [0.25, 0.3) is 0 Å². The van der Waals surface area contributed by atoms with Crippen molar-refractivity contribution in [3.8, 4) is 0 Å². The molecule has 0 aromatic carbocycles. The van der Waals surface area contributed by atoms with Gasteiger partial charge in [0.15, 0.2) is 0 Å². The first-order chi connectivity index (χ1) is 6.04. The Balaban J connectivity index is 4.43. The van der Waals surface area contributed by atoms with Crippen molar-refractivity contribution in [1.29, 1.82) is 0 Å². The number of rotatable bonds is 5. The second-order valence-electron chi connectivity index (χ2n) is 3.71. The summed E-state index contributed by atoms with van der Waals surface area (Å²) < 4.78 is 46.7. The van der Waals surface area contributed by atoms with Crippen molar-refractivity contribution >= 4 is 19.9 Å². The van der Waals surface area contributed by atoms with Crippen LogP contribution in [0.4, 0.5) is 0 Å². The van der Waals surface area contributed by atoms with E-state index in [1.807, 2.05) is 0 Å². The first kappa shape index (κ1) is 13.9. The zero-order valence-corrected chi connectivity index (χ0v) is 10.4. The fraction of sp³-hybridized carbons (Fsp3) is 1.00. The lowest BCUT2D eigenvalue weighted by molar-refractivity contribution is 0.557. The standard InChI is InChI=1S/C7H17NO4S2/c1-6(2)14(11,12)8-7(3)5-13(4,9)10/h6-8H,5H2,1-4H3. The molecule has 14 heavy (non-hydrogen) atoms. The van der Waals surface area contributed by atoms with Crippen molar-refractivity contribution in [2.75, 3.05) is 12.0 Å². The Morgan fingerprint density at radius 3 is 1.79 bits per heavy atom. The van der Waals surface area contributed by atoms with Crippen LogP contribution >= 0.6 is 0 Å². The maximum atomic E-state index is 11.3. The topological polar surface area (TPSA) is 80.3 Å². The normalized spacial score (nSPS) is 15.8. The number of hydrogen-bond acceptors (Lipinski definition) is 4. The van der Waals surface area contributed by atoms with Gasteiger partial charge in [-0.15, -0.1) is 0 Å². The first-order valence-electron chi connectivity index (χ1n) is 4.23. The third kappa shape index (κ3) is 5.56. The van der Waals surface area contributed by atoms with Crippen LogP contribution < -0.4 is 4.72 Å². The summed E-state index contributed by atoms with van der Waals surface area (Å²) in [6.07, 6.45) is 1.08. The van der Waals surface area contributed by atoms with Gasteiger partial charge in [-0.05, 0) is 20.8 Å². The maximum absolute atomic E-state index is 11.3. The van der Waals surface area contributed by atoms with Gasteiger partial charge >= 0.3 is 0 Å². The smallest absolute Gasteiger partial charge is 0.214 e. The molecule has 0 aliphatic rings. The zero-order chi connectivity index (χ0) is 11.6. The summed E-state index contributed by atoms with van der Waals surface area (Å²) >= 11 is 0. The fourth-order valence-corrected chi connectivity index (χ4v) is 2.92. The third-order valence-electron chi connectivity index (χ3n) is 1.54. The molecule has 0 amide bonds. The minimum atomic E-state index is -3.38. The lowest BCUT2D eigenvalue weighted by Crippen LogP contribution is -2.40. The molecule has 0 spiro atoms. The molecule has 0 bridgehead atoms. The van der Waals surface area contributed by atoms with Gasteiger partial charge in [0.1, 0.15) is 9.84 Å². The van der Waals surface area contributed by atoms with Gasteiger partial charge in [-0.2, -0.15) is 0 Å². The molecule has 0 rings (SSSR count). The van der Waals surface area contributed by atoms with Gasteiger partial charge < -0.3 is 0 Å². The van der Waals surface area contributed by atoms with E-state index >= 15 is 0 Å². The van der Waals surface area contributed by atoms with Crippen LogP contribution in [-0.2, 0) is 19.9 Å². The van der Waals surface area contributed by atoms with Crippen molar-refractivity contribution < 1.29 is 16.8 Å². The van der Waals surface area contributed by atoms with Gasteiger partial charge in [0.2, 0.25) is 10.0 Å². The number of hydrogen-bond donors (Lipinski definition) is 1. The highest BCUT2D eigenvalue weighted by Crippen LogP contribution is 1.99. The Morgan fingerprint density at radius 1 is 1.07 bits per heavy atom. The van der Waals surface area contributed by atoms with Crippen LogP contribution in [0.25, 0.3) is 0 Å². The molecule has 0 heterocycles. The Labute approximate surface area is 85.9 Å². The van der Waals surface area contributed by atoms with Crippen LogP contribution in [0.15, 0.2) is 0 Å². The summed E-state index contributed by atoms with van der Waals surface area (Å²) in [4.78, 5) is 0. The Kier molecular flexibility index (Phi) is 4.54. The highest BCUT2D eigenvalue weighted by molar-refractivity contribution is 7.91. The summed E-state index contributed by atoms with van der Waals surface area (Å²) in [6, 6.07) is -0.586. The summed E-state index contributed by atoms with van der Waals surface area (Å²) in [5.74, 6) is -0.182. The van der Waals surface area contributed by atoms with Crippen molar-refractivity contribution in [3.05, 3.63) is 0 Å². The van der Waals surface area contributed by atoms with E-state index in [0.29, 0.717) is 0 Å². The van der Waals surface area contributed by atoms with E-state index in [1.165, 1.54) is 20.8 Å². The Bertz CT molecular complexity index is 368. The molecule has 0 aromatic rings. The quantitative estimate of drug-likeness (QED) is 0.722. The molecule has 7 heteroatoms. The molecular weight excluding hydrogens is 226 g/mol. The number of nitrogens with one attached hydrogen (secondary N) is 1. The molecule has 0 aromatic heterocycles. The van der Waals surface area contributed by atoms with Crippen LogP contribution in [0.1, 0.15) is 20.8 Å². The molecule has 0 aliphatic heterocycles.